The van der Waals surface area contributed by atoms with Crippen molar-refractivity contribution in [1.29, 1.82) is 0 Å². The molecule has 1 aromatic rings. The molecule has 1 fully saturated rings. The van der Waals surface area contributed by atoms with Crippen LogP contribution in [0, 0.1) is 0 Å². The van der Waals surface area contributed by atoms with Gasteiger partial charge in [-0.1, -0.05) is 0 Å². The Morgan fingerprint density at radius 3 is 2.45 bits per heavy atom. The average molecular weight is 327 g/mol. The van der Waals surface area contributed by atoms with Crippen molar-refractivity contribution in [2.45, 2.75) is 30.7 Å². The fraction of sp³-hybridized carbons (Fsp3) is 0.385. The van der Waals surface area contributed by atoms with Crippen LogP contribution in [0.5, 0.6) is 0 Å². The number of nitrogens with zero attached hydrogens (tertiary/aromatic N) is 1. The van der Waals surface area contributed by atoms with Gasteiger partial charge in [0.15, 0.2) is 0 Å². The van der Waals surface area contributed by atoms with Gasteiger partial charge in [-0.2, -0.15) is 4.31 Å². The van der Waals surface area contributed by atoms with Crippen LogP contribution in [0.25, 0.3) is 0 Å². The average Bonchev–Trinajstić information content (AvgIpc) is 2.96. The van der Waals surface area contributed by atoms with Crippen molar-refractivity contribution in [3.05, 3.63) is 24.3 Å². The molecule has 2 rings (SSSR count). The third-order valence-electron chi connectivity index (χ3n) is 3.40. The lowest BCUT2D eigenvalue weighted by Gasteiger charge is -2.22. The summed E-state index contributed by atoms with van der Waals surface area (Å²) in [4.78, 5) is 22.5. The zero-order valence-electron chi connectivity index (χ0n) is 11.9. The van der Waals surface area contributed by atoms with Gasteiger partial charge >= 0.3 is 0 Å². The van der Waals surface area contributed by atoms with Gasteiger partial charge in [0, 0.05) is 19.2 Å². The molecule has 1 atom stereocenters. The van der Waals surface area contributed by atoms with Gasteiger partial charge in [-0.05, 0) is 37.1 Å². The van der Waals surface area contributed by atoms with Gasteiger partial charge in [-0.3, -0.25) is 14.8 Å². The first kappa shape index (κ1) is 16.4. The quantitative estimate of drug-likeness (QED) is 0.543. The highest BCUT2D eigenvalue weighted by atomic mass is 32.2. The molecule has 0 spiro atoms. The molecule has 0 bridgehead atoms. The number of sulfonamides is 1. The Hall–Kier alpha value is -1.97. The van der Waals surface area contributed by atoms with Crippen molar-refractivity contribution in [2.24, 2.45) is 0 Å². The Morgan fingerprint density at radius 2 is 1.91 bits per heavy atom. The van der Waals surface area contributed by atoms with Crippen LogP contribution in [-0.4, -0.2) is 42.3 Å². The van der Waals surface area contributed by atoms with E-state index in [0.29, 0.717) is 18.5 Å². The van der Waals surface area contributed by atoms with Crippen molar-refractivity contribution in [1.82, 2.24) is 9.79 Å². The van der Waals surface area contributed by atoms with Crippen LogP contribution < -0.4 is 10.8 Å². The van der Waals surface area contributed by atoms with E-state index < -0.39 is 22.0 Å². The second-order valence-corrected chi connectivity index (χ2v) is 6.85. The maximum atomic E-state index is 12.6. The van der Waals surface area contributed by atoms with Crippen LogP contribution in [0.2, 0.25) is 0 Å². The monoisotopic (exact) mass is 327 g/mol. The molecule has 3 N–H and O–H groups in total. The molecule has 9 heteroatoms. The third kappa shape index (κ3) is 3.26. The van der Waals surface area contributed by atoms with Gasteiger partial charge in [-0.25, -0.2) is 13.9 Å². The fourth-order valence-corrected chi connectivity index (χ4v) is 4.07. The highest BCUT2D eigenvalue weighted by Gasteiger charge is 2.39. The highest BCUT2D eigenvalue weighted by molar-refractivity contribution is 7.89. The summed E-state index contributed by atoms with van der Waals surface area (Å²) in [5.74, 6) is -0.995. The molecule has 0 aliphatic carbocycles. The lowest BCUT2D eigenvalue weighted by atomic mass is 10.2. The van der Waals surface area contributed by atoms with E-state index >= 15 is 0 Å². The number of hydroxylamine groups is 1. The van der Waals surface area contributed by atoms with Gasteiger partial charge in [0.05, 0.1) is 4.90 Å². The molecule has 1 aliphatic rings. The standard InChI is InChI=1S/C13H17N3O5S/c1-9(17)14-10-4-6-11(7-5-10)22(20,21)16-8-2-3-12(16)13(18)15-19/h4-7,12,19H,2-3,8H2,1H3,(H,14,17)(H,15,18). The largest absolute Gasteiger partial charge is 0.326 e. The zero-order chi connectivity index (χ0) is 16.3. The lowest BCUT2D eigenvalue weighted by Crippen LogP contribution is -2.44. The van der Waals surface area contributed by atoms with Crippen molar-refractivity contribution in [3.8, 4) is 0 Å². The normalized spacial score (nSPS) is 18.9. The van der Waals surface area contributed by atoms with E-state index in [1.165, 1.54) is 36.7 Å². The topological polar surface area (TPSA) is 116 Å². The second-order valence-electron chi connectivity index (χ2n) is 4.96. The van der Waals surface area contributed by atoms with E-state index in [-0.39, 0.29) is 17.3 Å². The molecule has 2 amide bonds. The predicted molar refractivity (Wildman–Crippen MR) is 77.6 cm³/mol. The lowest BCUT2D eigenvalue weighted by molar-refractivity contribution is -0.132. The van der Waals surface area contributed by atoms with Gasteiger partial charge in [0.1, 0.15) is 6.04 Å². The fourth-order valence-electron chi connectivity index (χ4n) is 2.41. The number of hydrogen-bond acceptors (Lipinski definition) is 5. The molecule has 120 valence electrons. The second kappa shape index (κ2) is 6.42. The molecule has 8 nitrogen and oxygen atoms in total. The summed E-state index contributed by atoms with van der Waals surface area (Å²) in [6, 6.07) is 4.78. The van der Waals surface area contributed by atoms with Crippen LogP contribution in [0.15, 0.2) is 29.2 Å². The van der Waals surface area contributed by atoms with Crippen molar-refractivity contribution >= 4 is 27.5 Å². The first-order chi connectivity index (χ1) is 10.4. The Kier molecular flexibility index (Phi) is 4.79. The van der Waals surface area contributed by atoms with Crippen LogP contribution >= 0.6 is 0 Å². The molecule has 1 aliphatic heterocycles. The number of benzene rings is 1. The van der Waals surface area contributed by atoms with Crippen LogP contribution in [0.1, 0.15) is 19.8 Å². The van der Waals surface area contributed by atoms with E-state index in [4.69, 9.17) is 5.21 Å². The summed E-state index contributed by atoms with van der Waals surface area (Å²) in [5, 5.41) is 11.3. The SMILES string of the molecule is CC(=O)Nc1ccc(S(=O)(=O)N2CCCC2C(=O)NO)cc1. The maximum Gasteiger partial charge on any atom is 0.261 e. The summed E-state index contributed by atoms with van der Waals surface area (Å²) < 4.78 is 26.2. The number of carbonyl (C=O) groups excluding carboxylic acids is 2. The molecule has 22 heavy (non-hydrogen) atoms. The molecular formula is C13H17N3O5S. The van der Waals surface area contributed by atoms with Gasteiger partial charge in [-0.15, -0.1) is 0 Å². The minimum atomic E-state index is -3.84. The first-order valence-corrected chi connectivity index (χ1v) is 8.13. The summed E-state index contributed by atoms with van der Waals surface area (Å²) >= 11 is 0. The molecule has 0 radical (unpaired) electrons. The van der Waals surface area contributed by atoms with Crippen LogP contribution in [0.3, 0.4) is 0 Å². The number of nitrogens with one attached hydrogen (secondary N) is 2. The van der Waals surface area contributed by atoms with E-state index in [0.717, 1.165) is 4.31 Å². The van der Waals surface area contributed by atoms with Crippen LogP contribution in [0.4, 0.5) is 5.69 Å². The van der Waals surface area contributed by atoms with Crippen molar-refractivity contribution in [2.75, 3.05) is 11.9 Å². The molecule has 1 saturated heterocycles. The number of anilines is 1. The first-order valence-electron chi connectivity index (χ1n) is 6.69. The number of rotatable bonds is 4. The van der Waals surface area contributed by atoms with E-state index in [2.05, 4.69) is 5.32 Å². The minimum Gasteiger partial charge on any atom is -0.326 e. The van der Waals surface area contributed by atoms with Gasteiger partial charge in [0.2, 0.25) is 15.9 Å². The van der Waals surface area contributed by atoms with Crippen molar-refractivity contribution < 1.29 is 23.2 Å². The number of hydrogen-bond donors (Lipinski definition) is 3. The smallest absolute Gasteiger partial charge is 0.261 e. The third-order valence-corrected chi connectivity index (χ3v) is 5.32. The Bertz CT molecular complexity index is 671. The minimum absolute atomic E-state index is 0.0271. The molecule has 0 aromatic heterocycles. The Morgan fingerprint density at radius 1 is 1.27 bits per heavy atom. The zero-order valence-corrected chi connectivity index (χ0v) is 12.8. The molecule has 1 heterocycles. The van der Waals surface area contributed by atoms with Crippen molar-refractivity contribution in [3.63, 3.8) is 0 Å². The molecule has 0 saturated carbocycles. The number of carbonyl (C=O) groups is 2. The summed E-state index contributed by atoms with van der Waals surface area (Å²) in [6.45, 7) is 1.57. The molecule has 1 aromatic carbocycles. The Labute approximate surface area is 128 Å². The summed E-state index contributed by atoms with van der Waals surface area (Å²) in [6.07, 6.45) is 0.900. The van der Waals surface area contributed by atoms with Gasteiger partial charge < -0.3 is 5.32 Å². The predicted octanol–water partition coefficient (Wildman–Crippen LogP) is 0.304. The number of amides is 2. The van der Waals surface area contributed by atoms with Gasteiger partial charge in [0.25, 0.3) is 5.91 Å². The maximum absolute atomic E-state index is 12.6. The molecular weight excluding hydrogens is 310 g/mol. The van der Waals surface area contributed by atoms with E-state index in [1.54, 1.807) is 0 Å². The van der Waals surface area contributed by atoms with Crippen LogP contribution in [-0.2, 0) is 19.6 Å². The summed E-state index contributed by atoms with van der Waals surface area (Å²) in [5.41, 5.74) is 1.98. The highest BCUT2D eigenvalue weighted by Crippen LogP contribution is 2.26. The molecule has 1 unspecified atom stereocenters. The summed E-state index contributed by atoms with van der Waals surface area (Å²) in [7, 11) is -3.84. The van der Waals surface area contributed by atoms with E-state index in [1.807, 2.05) is 0 Å². The Balaban J connectivity index is 2.26. The van der Waals surface area contributed by atoms with E-state index in [9.17, 15) is 18.0 Å².